The van der Waals surface area contributed by atoms with Crippen LogP contribution in [0.4, 0.5) is 10.6 Å². The summed E-state index contributed by atoms with van der Waals surface area (Å²) in [5, 5.41) is 10.8. The Morgan fingerprint density at radius 3 is 2.45 bits per heavy atom. The second kappa shape index (κ2) is 7.71. The molecule has 1 heterocycles. The van der Waals surface area contributed by atoms with Gasteiger partial charge in [0.2, 0.25) is 0 Å². The fourth-order valence-corrected chi connectivity index (χ4v) is 1.93. The lowest BCUT2D eigenvalue weighted by atomic mass is 9.88. The number of urea groups is 1. The van der Waals surface area contributed by atoms with Crippen molar-refractivity contribution in [2.45, 2.75) is 32.5 Å². The van der Waals surface area contributed by atoms with Crippen LogP contribution in [0.1, 0.15) is 26.3 Å². The number of likely N-dealkylation sites (N-methyl/N-ethyl adjacent to an activating group) is 1. The third kappa shape index (κ3) is 5.08. The largest absolute Gasteiger partial charge is 0.354 e. The van der Waals surface area contributed by atoms with Gasteiger partial charge in [-0.3, -0.25) is 5.32 Å². The molecule has 0 bridgehead atoms. The van der Waals surface area contributed by atoms with Gasteiger partial charge in [0.05, 0.1) is 6.54 Å². The van der Waals surface area contributed by atoms with Crippen LogP contribution in [0.25, 0.3) is 0 Å². The molecule has 0 aromatic carbocycles. The van der Waals surface area contributed by atoms with Crippen LogP contribution < -0.4 is 5.32 Å². The summed E-state index contributed by atoms with van der Waals surface area (Å²) in [4.78, 5) is 13.7. The van der Waals surface area contributed by atoms with Crippen molar-refractivity contribution >= 4 is 23.4 Å². The molecule has 124 valence electrons. The molecule has 1 rings (SSSR count). The van der Waals surface area contributed by atoms with Crippen LogP contribution >= 0.6 is 11.6 Å². The second-order valence-corrected chi connectivity index (χ2v) is 6.28. The lowest BCUT2D eigenvalue weighted by molar-refractivity contribution is -0.108. The van der Waals surface area contributed by atoms with Gasteiger partial charge in [-0.05, 0) is 11.5 Å². The Labute approximate surface area is 135 Å². The molecule has 0 aliphatic heterocycles. The molecule has 8 heteroatoms. The highest BCUT2D eigenvalue weighted by molar-refractivity contribution is 6.29. The number of carbonyl (C=O) groups is 1. The van der Waals surface area contributed by atoms with Crippen LogP contribution in [0.5, 0.6) is 0 Å². The molecule has 0 aliphatic carbocycles. The predicted octanol–water partition coefficient (Wildman–Crippen LogP) is 2.51. The number of halogens is 1. The number of nitrogens with zero attached hydrogens (tertiary/aromatic N) is 3. The third-order valence-electron chi connectivity index (χ3n) is 3.09. The molecule has 0 unspecified atom stereocenters. The maximum absolute atomic E-state index is 12.2. The minimum Gasteiger partial charge on any atom is -0.354 e. The number of aromatic nitrogens is 2. The number of rotatable bonds is 5. The first kappa shape index (κ1) is 18.6. The van der Waals surface area contributed by atoms with Gasteiger partial charge in [-0.1, -0.05) is 32.4 Å². The summed E-state index contributed by atoms with van der Waals surface area (Å²) < 4.78 is 10.1. The van der Waals surface area contributed by atoms with E-state index >= 15 is 0 Å². The number of hydrogen-bond donors (Lipinski definition) is 1. The molecule has 0 fully saturated rings. The predicted molar refractivity (Wildman–Crippen MR) is 85.2 cm³/mol. The number of anilines is 1. The number of amides is 2. The summed E-state index contributed by atoms with van der Waals surface area (Å²) in [7, 11) is 4.67. The van der Waals surface area contributed by atoms with Gasteiger partial charge in [-0.25, -0.2) is 4.79 Å². The average Bonchev–Trinajstić information content (AvgIpc) is 2.45. The van der Waals surface area contributed by atoms with E-state index in [2.05, 4.69) is 15.5 Å². The van der Waals surface area contributed by atoms with Gasteiger partial charge in [-0.15, -0.1) is 10.2 Å². The summed E-state index contributed by atoms with van der Waals surface area (Å²) in [6.45, 7) is 6.30. The molecule has 0 saturated carbocycles. The Bertz CT molecular complexity index is 515. The van der Waals surface area contributed by atoms with Crippen LogP contribution in [0, 0.1) is 0 Å². The van der Waals surface area contributed by atoms with Gasteiger partial charge in [0.25, 0.3) is 0 Å². The van der Waals surface area contributed by atoms with Gasteiger partial charge in [0.15, 0.2) is 17.3 Å². The minimum absolute atomic E-state index is 0.234. The van der Waals surface area contributed by atoms with Crippen LogP contribution in [0.15, 0.2) is 6.07 Å². The van der Waals surface area contributed by atoms with Gasteiger partial charge in [0, 0.05) is 26.8 Å². The first-order chi connectivity index (χ1) is 10.2. The Balaban J connectivity index is 2.88. The first-order valence-corrected chi connectivity index (χ1v) is 7.18. The molecule has 0 atom stereocenters. The summed E-state index contributed by atoms with van der Waals surface area (Å²) in [5.74, 6) is 0.389. The molecule has 7 nitrogen and oxygen atoms in total. The van der Waals surface area contributed by atoms with Crippen LogP contribution in [0.2, 0.25) is 5.15 Å². The Kier molecular flexibility index (Phi) is 6.52. The molecule has 1 aromatic rings. The summed E-state index contributed by atoms with van der Waals surface area (Å²) in [6.07, 6.45) is -0.492. The van der Waals surface area contributed by atoms with Crippen molar-refractivity contribution in [3.05, 3.63) is 16.8 Å². The van der Waals surface area contributed by atoms with Crippen LogP contribution in [-0.2, 0) is 14.9 Å². The molecule has 22 heavy (non-hydrogen) atoms. The number of nitrogens with one attached hydrogen (secondary N) is 1. The van der Waals surface area contributed by atoms with Crippen molar-refractivity contribution in [2.24, 2.45) is 0 Å². The Morgan fingerprint density at radius 2 is 1.95 bits per heavy atom. The van der Waals surface area contributed by atoms with Gasteiger partial charge < -0.3 is 14.4 Å². The zero-order valence-electron chi connectivity index (χ0n) is 13.8. The van der Waals surface area contributed by atoms with Crippen molar-refractivity contribution in [3.63, 3.8) is 0 Å². The molecule has 0 radical (unpaired) electrons. The Hall–Kier alpha value is -1.44. The highest BCUT2D eigenvalue weighted by Crippen LogP contribution is 2.29. The minimum atomic E-state index is -0.492. The normalized spacial score (nSPS) is 11.6. The molecule has 0 saturated heterocycles. The van der Waals surface area contributed by atoms with Crippen molar-refractivity contribution in [3.8, 4) is 0 Å². The number of methoxy groups -OCH3 is 2. The van der Waals surface area contributed by atoms with E-state index in [0.29, 0.717) is 5.82 Å². The molecule has 0 aliphatic rings. The molecule has 2 amide bonds. The monoisotopic (exact) mass is 330 g/mol. The van der Waals surface area contributed by atoms with E-state index < -0.39 is 6.29 Å². The molecular weight excluding hydrogens is 308 g/mol. The lowest BCUT2D eigenvalue weighted by Crippen LogP contribution is -2.39. The second-order valence-electron chi connectivity index (χ2n) is 5.89. The number of hydrogen-bond acceptors (Lipinski definition) is 5. The fourth-order valence-electron chi connectivity index (χ4n) is 1.78. The molecular formula is C14H23ClN4O3. The first-order valence-electron chi connectivity index (χ1n) is 6.80. The van der Waals surface area contributed by atoms with Crippen molar-refractivity contribution < 1.29 is 14.3 Å². The van der Waals surface area contributed by atoms with E-state index in [1.165, 1.54) is 19.1 Å². The SMILES string of the molecule is COC(CN(C)C(=O)Nc1nnc(Cl)cc1C(C)(C)C)OC. The number of ether oxygens (including phenoxy) is 2. The maximum Gasteiger partial charge on any atom is 0.322 e. The fraction of sp³-hybridized carbons (Fsp3) is 0.643. The van der Waals surface area contributed by atoms with Gasteiger partial charge in [-0.2, -0.15) is 0 Å². The van der Waals surface area contributed by atoms with E-state index in [0.717, 1.165) is 5.56 Å². The summed E-state index contributed by atoms with van der Waals surface area (Å²) in [6, 6.07) is 1.37. The Morgan fingerprint density at radius 1 is 1.36 bits per heavy atom. The van der Waals surface area contributed by atoms with E-state index in [1.807, 2.05) is 20.8 Å². The van der Waals surface area contributed by atoms with Gasteiger partial charge in [0.1, 0.15) is 0 Å². The zero-order chi connectivity index (χ0) is 16.9. The van der Waals surface area contributed by atoms with Crippen molar-refractivity contribution in [2.75, 3.05) is 33.1 Å². The van der Waals surface area contributed by atoms with Crippen LogP contribution in [-0.4, -0.2) is 55.2 Å². The highest BCUT2D eigenvalue weighted by Gasteiger charge is 2.23. The average molecular weight is 331 g/mol. The molecule has 0 spiro atoms. The van der Waals surface area contributed by atoms with E-state index in [1.54, 1.807) is 13.1 Å². The molecule has 1 N–H and O–H groups in total. The topological polar surface area (TPSA) is 76.6 Å². The highest BCUT2D eigenvalue weighted by atomic mass is 35.5. The summed E-state index contributed by atoms with van der Waals surface area (Å²) >= 11 is 5.90. The van der Waals surface area contributed by atoms with Crippen LogP contribution in [0.3, 0.4) is 0 Å². The zero-order valence-corrected chi connectivity index (χ0v) is 14.6. The van der Waals surface area contributed by atoms with Crippen molar-refractivity contribution in [1.29, 1.82) is 0 Å². The smallest absolute Gasteiger partial charge is 0.322 e. The van der Waals surface area contributed by atoms with E-state index in [9.17, 15) is 4.79 Å². The third-order valence-corrected chi connectivity index (χ3v) is 3.28. The van der Waals surface area contributed by atoms with E-state index in [-0.39, 0.29) is 23.1 Å². The quantitative estimate of drug-likeness (QED) is 0.839. The van der Waals surface area contributed by atoms with E-state index in [4.69, 9.17) is 21.1 Å². The summed E-state index contributed by atoms with van der Waals surface area (Å²) in [5.41, 5.74) is 0.576. The van der Waals surface area contributed by atoms with Gasteiger partial charge >= 0.3 is 6.03 Å². The van der Waals surface area contributed by atoms with Crippen molar-refractivity contribution in [1.82, 2.24) is 15.1 Å². The standard InChI is InChI=1S/C14H23ClN4O3/c1-14(2,3)9-7-10(15)17-18-12(9)16-13(20)19(4)8-11(21-5)22-6/h7,11H,8H2,1-6H3,(H,16,18,20). The number of carbonyl (C=O) groups excluding carboxylic acids is 1. The lowest BCUT2D eigenvalue weighted by Gasteiger charge is -2.25. The molecule has 1 aromatic heterocycles. The maximum atomic E-state index is 12.2.